The van der Waals surface area contributed by atoms with Crippen LogP contribution in [-0.2, 0) is 11.3 Å². The molecule has 0 aliphatic heterocycles. The summed E-state index contributed by atoms with van der Waals surface area (Å²) in [7, 11) is 0. The standard InChI is InChI=1S/C16H20N2O3/c1-4-6-9-21-16(20)13-10-18(5-2)15-12(14(13)19)8-7-11(3)17-15/h7-8,10H,4-6,9H2,1-3H3. The van der Waals surface area contributed by atoms with Gasteiger partial charge in [-0.1, -0.05) is 13.3 Å². The second-order valence-corrected chi connectivity index (χ2v) is 4.97. The van der Waals surface area contributed by atoms with Gasteiger partial charge in [-0.2, -0.15) is 0 Å². The van der Waals surface area contributed by atoms with Crippen LogP contribution in [0.25, 0.3) is 11.0 Å². The molecule has 0 amide bonds. The Labute approximate surface area is 123 Å². The topological polar surface area (TPSA) is 61.2 Å². The number of esters is 1. The molecule has 0 fully saturated rings. The maximum atomic E-state index is 12.4. The van der Waals surface area contributed by atoms with Gasteiger partial charge < -0.3 is 9.30 Å². The van der Waals surface area contributed by atoms with Gasteiger partial charge in [-0.25, -0.2) is 9.78 Å². The number of hydrogen-bond donors (Lipinski definition) is 0. The van der Waals surface area contributed by atoms with E-state index >= 15 is 0 Å². The SMILES string of the molecule is CCCCOC(=O)c1cn(CC)c2nc(C)ccc2c1=O. The first-order chi connectivity index (χ1) is 10.1. The van der Waals surface area contributed by atoms with E-state index in [9.17, 15) is 9.59 Å². The lowest BCUT2D eigenvalue weighted by Crippen LogP contribution is -2.21. The van der Waals surface area contributed by atoms with Crippen LogP contribution in [0.1, 0.15) is 42.7 Å². The van der Waals surface area contributed by atoms with Gasteiger partial charge in [0, 0.05) is 18.4 Å². The number of nitrogens with zero attached hydrogens (tertiary/aromatic N) is 2. The average Bonchev–Trinajstić information content (AvgIpc) is 2.47. The maximum absolute atomic E-state index is 12.4. The Balaban J connectivity index is 2.50. The number of rotatable bonds is 5. The van der Waals surface area contributed by atoms with Crippen LogP contribution in [-0.4, -0.2) is 22.1 Å². The summed E-state index contributed by atoms with van der Waals surface area (Å²) < 4.78 is 6.95. The van der Waals surface area contributed by atoms with E-state index in [0.717, 1.165) is 18.5 Å². The van der Waals surface area contributed by atoms with Gasteiger partial charge in [-0.15, -0.1) is 0 Å². The number of unbranched alkanes of at least 4 members (excludes halogenated alkanes) is 1. The van der Waals surface area contributed by atoms with E-state index in [4.69, 9.17) is 4.74 Å². The highest BCUT2D eigenvalue weighted by atomic mass is 16.5. The van der Waals surface area contributed by atoms with Crippen LogP contribution in [0.3, 0.4) is 0 Å². The minimum Gasteiger partial charge on any atom is -0.462 e. The van der Waals surface area contributed by atoms with Crippen molar-refractivity contribution in [2.24, 2.45) is 0 Å². The molecule has 112 valence electrons. The maximum Gasteiger partial charge on any atom is 0.343 e. The Kier molecular flexibility index (Phi) is 4.73. The Hall–Kier alpha value is -2.17. The van der Waals surface area contributed by atoms with E-state index in [1.165, 1.54) is 0 Å². The fraction of sp³-hybridized carbons (Fsp3) is 0.438. The van der Waals surface area contributed by atoms with E-state index < -0.39 is 5.97 Å². The predicted molar refractivity (Wildman–Crippen MR) is 81.6 cm³/mol. The molecule has 0 saturated carbocycles. The second kappa shape index (κ2) is 6.52. The third-order valence-electron chi connectivity index (χ3n) is 3.35. The number of fused-ring (bicyclic) bond motifs is 1. The number of carbonyl (C=O) groups excluding carboxylic acids is 1. The zero-order chi connectivity index (χ0) is 15.4. The molecule has 2 heterocycles. The molecule has 5 nitrogen and oxygen atoms in total. The first-order valence-electron chi connectivity index (χ1n) is 7.26. The molecule has 2 aromatic heterocycles. The Morgan fingerprint density at radius 1 is 1.33 bits per heavy atom. The minimum absolute atomic E-state index is 0.0751. The van der Waals surface area contributed by atoms with Gasteiger partial charge in [0.05, 0.1) is 12.0 Å². The third kappa shape index (κ3) is 3.12. The first kappa shape index (κ1) is 15.2. The number of aryl methyl sites for hydroxylation is 2. The first-order valence-corrected chi connectivity index (χ1v) is 7.26. The predicted octanol–water partition coefficient (Wildman–Crippen LogP) is 2.68. The summed E-state index contributed by atoms with van der Waals surface area (Å²) >= 11 is 0. The monoisotopic (exact) mass is 288 g/mol. The number of hydrogen-bond acceptors (Lipinski definition) is 4. The smallest absolute Gasteiger partial charge is 0.343 e. The fourth-order valence-corrected chi connectivity index (χ4v) is 2.13. The van der Waals surface area contributed by atoms with E-state index in [-0.39, 0.29) is 11.0 Å². The summed E-state index contributed by atoms with van der Waals surface area (Å²) in [5.41, 5.74) is 1.20. The van der Waals surface area contributed by atoms with Crippen LogP contribution < -0.4 is 5.43 Å². The number of carbonyl (C=O) groups is 1. The molecule has 0 bridgehead atoms. The quantitative estimate of drug-likeness (QED) is 0.627. The van der Waals surface area contributed by atoms with Crippen molar-refractivity contribution in [1.82, 2.24) is 9.55 Å². The molecular weight excluding hydrogens is 268 g/mol. The minimum atomic E-state index is -0.557. The van der Waals surface area contributed by atoms with Crippen LogP contribution in [0.4, 0.5) is 0 Å². The lowest BCUT2D eigenvalue weighted by Gasteiger charge is -2.11. The van der Waals surface area contributed by atoms with Crippen LogP contribution in [0.15, 0.2) is 23.1 Å². The van der Waals surface area contributed by atoms with E-state index in [2.05, 4.69) is 4.98 Å². The zero-order valence-electron chi connectivity index (χ0n) is 12.7. The summed E-state index contributed by atoms with van der Waals surface area (Å²) in [6.45, 7) is 6.80. The van der Waals surface area contributed by atoms with Gasteiger partial charge in [0.1, 0.15) is 11.2 Å². The summed E-state index contributed by atoms with van der Waals surface area (Å²) in [6.07, 6.45) is 3.28. The molecule has 0 spiro atoms. The summed E-state index contributed by atoms with van der Waals surface area (Å²) in [6, 6.07) is 3.49. The van der Waals surface area contributed by atoms with Crippen LogP contribution in [0, 0.1) is 6.92 Å². The summed E-state index contributed by atoms with van der Waals surface area (Å²) in [4.78, 5) is 28.9. The van der Waals surface area contributed by atoms with Crippen molar-refractivity contribution in [1.29, 1.82) is 0 Å². The van der Waals surface area contributed by atoms with Crippen molar-refractivity contribution in [2.75, 3.05) is 6.61 Å². The largest absolute Gasteiger partial charge is 0.462 e. The van der Waals surface area contributed by atoms with Crippen molar-refractivity contribution in [2.45, 2.75) is 40.2 Å². The van der Waals surface area contributed by atoms with E-state index in [0.29, 0.717) is 24.2 Å². The molecule has 0 atom stereocenters. The second-order valence-electron chi connectivity index (χ2n) is 4.97. The van der Waals surface area contributed by atoms with E-state index in [1.54, 1.807) is 22.9 Å². The molecule has 0 unspecified atom stereocenters. The van der Waals surface area contributed by atoms with Crippen molar-refractivity contribution < 1.29 is 9.53 Å². The van der Waals surface area contributed by atoms with Crippen LogP contribution in [0.2, 0.25) is 0 Å². The lowest BCUT2D eigenvalue weighted by atomic mass is 10.2. The number of ether oxygens (including phenoxy) is 1. The summed E-state index contributed by atoms with van der Waals surface area (Å²) in [5.74, 6) is -0.557. The molecule has 0 saturated heterocycles. The van der Waals surface area contributed by atoms with Crippen molar-refractivity contribution >= 4 is 17.0 Å². The van der Waals surface area contributed by atoms with Gasteiger partial charge in [0.15, 0.2) is 0 Å². The Morgan fingerprint density at radius 3 is 2.76 bits per heavy atom. The van der Waals surface area contributed by atoms with Gasteiger partial charge in [0.25, 0.3) is 0 Å². The van der Waals surface area contributed by atoms with Gasteiger partial charge in [-0.05, 0) is 32.4 Å². The van der Waals surface area contributed by atoms with Gasteiger partial charge >= 0.3 is 5.97 Å². The summed E-state index contributed by atoms with van der Waals surface area (Å²) in [5, 5.41) is 0.451. The molecular formula is C16H20N2O3. The molecule has 0 N–H and O–H groups in total. The number of aromatic nitrogens is 2. The average molecular weight is 288 g/mol. The fourth-order valence-electron chi connectivity index (χ4n) is 2.13. The Bertz CT molecular complexity index is 719. The molecule has 2 rings (SSSR count). The van der Waals surface area contributed by atoms with Crippen molar-refractivity contribution in [3.8, 4) is 0 Å². The molecule has 2 aromatic rings. The highest BCUT2D eigenvalue weighted by Crippen LogP contribution is 2.11. The molecule has 5 heteroatoms. The van der Waals surface area contributed by atoms with Crippen LogP contribution >= 0.6 is 0 Å². The third-order valence-corrected chi connectivity index (χ3v) is 3.35. The van der Waals surface area contributed by atoms with Crippen LogP contribution in [0.5, 0.6) is 0 Å². The normalized spacial score (nSPS) is 10.8. The van der Waals surface area contributed by atoms with E-state index in [1.807, 2.05) is 20.8 Å². The van der Waals surface area contributed by atoms with Gasteiger partial charge in [-0.3, -0.25) is 4.79 Å². The molecule has 21 heavy (non-hydrogen) atoms. The Morgan fingerprint density at radius 2 is 2.10 bits per heavy atom. The lowest BCUT2D eigenvalue weighted by molar-refractivity contribution is 0.0497. The van der Waals surface area contributed by atoms with Crippen molar-refractivity contribution in [3.63, 3.8) is 0 Å². The molecule has 0 radical (unpaired) electrons. The van der Waals surface area contributed by atoms with Crippen molar-refractivity contribution in [3.05, 3.63) is 39.8 Å². The molecule has 0 aliphatic rings. The highest BCUT2D eigenvalue weighted by Gasteiger charge is 2.17. The number of pyridine rings is 2. The zero-order valence-corrected chi connectivity index (χ0v) is 12.7. The van der Waals surface area contributed by atoms with Gasteiger partial charge in [0.2, 0.25) is 5.43 Å². The highest BCUT2D eigenvalue weighted by molar-refractivity contribution is 5.93. The molecule has 0 aromatic carbocycles. The molecule has 0 aliphatic carbocycles.